The Morgan fingerprint density at radius 1 is 1.11 bits per heavy atom. The van der Waals surface area contributed by atoms with Crippen LogP contribution in [-0.2, 0) is 16.1 Å². The van der Waals surface area contributed by atoms with E-state index in [1.807, 2.05) is 6.20 Å². The Morgan fingerprint density at radius 2 is 2.07 bits per heavy atom. The number of imidazole rings is 1. The van der Waals surface area contributed by atoms with Crippen LogP contribution in [0.5, 0.6) is 0 Å². The van der Waals surface area contributed by atoms with E-state index in [9.17, 15) is 0 Å². The van der Waals surface area contributed by atoms with Gasteiger partial charge in [0.15, 0.2) is 0 Å². The van der Waals surface area contributed by atoms with Crippen molar-refractivity contribution in [1.29, 1.82) is 0 Å². The van der Waals surface area contributed by atoms with E-state index in [4.69, 9.17) is 9.57 Å². The van der Waals surface area contributed by atoms with E-state index in [1.54, 1.807) is 0 Å². The van der Waals surface area contributed by atoms with Crippen molar-refractivity contribution in [3.05, 3.63) is 53.6 Å². The molecule has 0 aliphatic carbocycles. The van der Waals surface area contributed by atoms with Crippen LogP contribution in [0, 0.1) is 0 Å². The number of morpholine rings is 1. The van der Waals surface area contributed by atoms with Gasteiger partial charge >= 0.3 is 0 Å². The molecule has 2 aromatic rings. The van der Waals surface area contributed by atoms with Crippen molar-refractivity contribution in [2.45, 2.75) is 37.1 Å². The minimum absolute atomic E-state index is 0.112. The predicted molar refractivity (Wildman–Crippen MR) is 101 cm³/mol. The molecule has 144 valence electrons. The van der Waals surface area contributed by atoms with Gasteiger partial charge in [0.05, 0.1) is 25.3 Å². The standard InChI is InChI=1S/C20H27N5O2/c1-2-14(8-15(3-1)19-12-21-5-7-26-19)16-9-18(27-24-10-16)17-11-22-13-20-23-4-6-25(17)20/h1-4,6,8,16-19,21-22,24H,5,7,9-13H2. The molecule has 7 heteroatoms. The lowest BCUT2D eigenvalue weighted by Gasteiger charge is -2.38. The lowest BCUT2D eigenvalue weighted by atomic mass is 9.88. The molecule has 0 saturated carbocycles. The fourth-order valence-corrected chi connectivity index (χ4v) is 4.47. The Morgan fingerprint density at radius 3 is 3.00 bits per heavy atom. The van der Waals surface area contributed by atoms with Crippen LogP contribution in [0.4, 0.5) is 0 Å². The monoisotopic (exact) mass is 369 g/mol. The zero-order valence-corrected chi connectivity index (χ0v) is 15.4. The highest BCUT2D eigenvalue weighted by Crippen LogP contribution is 2.33. The second-order valence-electron chi connectivity index (χ2n) is 7.62. The van der Waals surface area contributed by atoms with Crippen LogP contribution < -0.4 is 16.1 Å². The number of nitrogens with zero attached hydrogens (tertiary/aromatic N) is 2. The van der Waals surface area contributed by atoms with Gasteiger partial charge in [-0.25, -0.2) is 10.5 Å². The van der Waals surface area contributed by atoms with E-state index in [2.05, 4.69) is 56.1 Å². The number of hydrogen-bond donors (Lipinski definition) is 3. The second kappa shape index (κ2) is 7.69. The fraction of sp³-hybridized carbons (Fsp3) is 0.550. The molecule has 4 unspecified atom stereocenters. The number of hydrogen-bond acceptors (Lipinski definition) is 6. The van der Waals surface area contributed by atoms with Crippen molar-refractivity contribution < 1.29 is 9.57 Å². The quantitative estimate of drug-likeness (QED) is 0.757. The minimum atomic E-state index is 0.112. The van der Waals surface area contributed by atoms with Crippen LogP contribution in [0.2, 0.25) is 0 Å². The van der Waals surface area contributed by atoms with E-state index in [-0.39, 0.29) is 18.2 Å². The summed E-state index contributed by atoms with van der Waals surface area (Å²) in [5.74, 6) is 1.51. The Kier molecular flexibility index (Phi) is 4.94. The number of aromatic nitrogens is 2. The normalized spacial score (nSPS) is 31.4. The summed E-state index contributed by atoms with van der Waals surface area (Å²) in [6.45, 7) is 5.16. The van der Waals surface area contributed by atoms with Gasteiger partial charge in [-0.15, -0.1) is 0 Å². The third-order valence-corrected chi connectivity index (χ3v) is 5.93. The summed E-state index contributed by atoms with van der Waals surface area (Å²) in [6, 6.07) is 9.14. The van der Waals surface area contributed by atoms with Crippen molar-refractivity contribution in [2.75, 3.05) is 32.8 Å². The SMILES string of the molecule is c1cc(C2CNOC(C3CNCc4nccn43)C2)cc(C2CNCCO2)c1. The molecule has 5 rings (SSSR count). The van der Waals surface area contributed by atoms with E-state index in [0.717, 1.165) is 51.6 Å². The zero-order valence-electron chi connectivity index (χ0n) is 15.4. The van der Waals surface area contributed by atoms with Gasteiger partial charge in [-0.2, -0.15) is 0 Å². The molecule has 2 saturated heterocycles. The topological polar surface area (TPSA) is 72.4 Å². The van der Waals surface area contributed by atoms with E-state index < -0.39 is 0 Å². The molecule has 7 nitrogen and oxygen atoms in total. The van der Waals surface area contributed by atoms with Crippen molar-refractivity contribution in [1.82, 2.24) is 25.7 Å². The smallest absolute Gasteiger partial charge is 0.123 e. The van der Waals surface area contributed by atoms with Crippen LogP contribution in [-0.4, -0.2) is 48.4 Å². The first-order valence-electron chi connectivity index (χ1n) is 9.91. The van der Waals surface area contributed by atoms with Crippen LogP contribution >= 0.6 is 0 Å². The van der Waals surface area contributed by atoms with Crippen LogP contribution in [0.3, 0.4) is 0 Å². The Hall–Kier alpha value is -1.77. The number of hydroxylamine groups is 1. The van der Waals surface area contributed by atoms with Gasteiger partial charge in [-0.1, -0.05) is 24.3 Å². The molecule has 0 spiro atoms. The lowest BCUT2D eigenvalue weighted by molar-refractivity contribution is -0.0881. The highest BCUT2D eigenvalue weighted by atomic mass is 16.7. The third-order valence-electron chi connectivity index (χ3n) is 5.93. The minimum Gasteiger partial charge on any atom is -0.371 e. The predicted octanol–water partition coefficient (Wildman–Crippen LogP) is 1.27. The summed E-state index contributed by atoms with van der Waals surface area (Å²) in [6.07, 6.45) is 5.20. The third kappa shape index (κ3) is 3.53. The molecule has 2 fully saturated rings. The number of rotatable bonds is 3. The first-order chi connectivity index (χ1) is 13.4. The molecule has 0 bridgehead atoms. The molecule has 0 amide bonds. The number of fused-ring (bicyclic) bond motifs is 1. The van der Waals surface area contributed by atoms with Crippen molar-refractivity contribution >= 4 is 0 Å². The van der Waals surface area contributed by atoms with Crippen molar-refractivity contribution in [2.24, 2.45) is 0 Å². The Bertz CT molecular complexity index is 773. The molecule has 4 atom stereocenters. The summed E-state index contributed by atoms with van der Waals surface area (Å²) in [5.41, 5.74) is 5.82. The van der Waals surface area contributed by atoms with Crippen LogP contribution in [0.25, 0.3) is 0 Å². The van der Waals surface area contributed by atoms with Gasteiger partial charge in [0.1, 0.15) is 11.9 Å². The average Bonchev–Trinajstić information content (AvgIpc) is 3.24. The molecule has 27 heavy (non-hydrogen) atoms. The molecule has 4 heterocycles. The van der Waals surface area contributed by atoms with E-state index >= 15 is 0 Å². The highest BCUT2D eigenvalue weighted by molar-refractivity contribution is 5.29. The first kappa shape index (κ1) is 17.3. The van der Waals surface area contributed by atoms with E-state index in [1.165, 1.54) is 11.1 Å². The lowest BCUT2D eigenvalue weighted by Crippen LogP contribution is -2.46. The molecule has 3 aliphatic heterocycles. The van der Waals surface area contributed by atoms with E-state index in [0.29, 0.717) is 5.92 Å². The molecular weight excluding hydrogens is 342 g/mol. The number of nitrogens with one attached hydrogen (secondary N) is 3. The summed E-state index contributed by atoms with van der Waals surface area (Å²) < 4.78 is 8.20. The van der Waals surface area contributed by atoms with Crippen LogP contribution in [0.1, 0.15) is 41.4 Å². The van der Waals surface area contributed by atoms with Crippen LogP contribution in [0.15, 0.2) is 36.7 Å². The maximum absolute atomic E-state index is 5.97. The maximum Gasteiger partial charge on any atom is 0.123 e. The Labute approximate surface area is 159 Å². The number of benzene rings is 1. The summed E-state index contributed by atoms with van der Waals surface area (Å²) in [4.78, 5) is 10.4. The molecule has 3 aliphatic rings. The van der Waals surface area contributed by atoms with Gasteiger partial charge < -0.3 is 19.9 Å². The average molecular weight is 369 g/mol. The van der Waals surface area contributed by atoms with Gasteiger partial charge in [0.2, 0.25) is 0 Å². The molecule has 1 aromatic carbocycles. The zero-order chi connectivity index (χ0) is 18.1. The summed E-state index contributed by atoms with van der Waals surface area (Å²) in [5, 5.41) is 6.88. The molecule has 1 aromatic heterocycles. The largest absolute Gasteiger partial charge is 0.371 e. The number of ether oxygens (including phenoxy) is 1. The van der Waals surface area contributed by atoms with Gasteiger partial charge in [-0.05, 0) is 17.5 Å². The van der Waals surface area contributed by atoms with Gasteiger partial charge in [0, 0.05) is 44.5 Å². The summed E-state index contributed by atoms with van der Waals surface area (Å²) >= 11 is 0. The molecule has 3 N–H and O–H groups in total. The fourth-order valence-electron chi connectivity index (χ4n) is 4.47. The summed E-state index contributed by atoms with van der Waals surface area (Å²) in [7, 11) is 0. The highest BCUT2D eigenvalue weighted by Gasteiger charge is 2.34. The maximum atomic E-state index is 5.97. The Balaban J connectivity index is 1.33. The second-order valence-corrected chi connectivity index (χ2v) is 7.62. The molecular formula is C20H27N5O2. The first-order valence-corrected chi connectivity index (χ1v) is 9.91. The molecule has 0 radical (unpaired) electrons. The van der Waals surface area contributed by atoms with Gasteiger partial charge in [-0.3, -0.25) is 4.84 Å². The van der Waals surface area contributed by atoms with Crippen molar-refractivity contribution in [3.63, 3.8) is 0 Å². The van der Waals surface area contributed by atoms with Gasteiger partial charge in [0.25, 0.3) is 0 Å². The van der Waals surface area contributed by atoms with Crippen molar-refractivity contribution in [3.8, 4) is 0 Å².